The highest BCUT2D eigenvalue weighted by Gasteiger charge is 2.27. The summed E-state index contributed by atoms with van der Waals surface area (Å²) in [4.78, 5) is 36.3. The van der Waals surface area contributed by atoms with Crippen LogP contribution in [0.5, 0.6) is 0 Å². The smallest absolute Gasteiger partial charge is 0.328 e. The van der Waals surface area contributed by atoms with Crippen LogP contribution in [0.4, 0.5) is 0 Å². The van der Waals surface area contributed by atoms with E-state index in [4.69, 9.17) is 5.73 Å². The topological polar surface area (TPSA) is 89.7 Å². The van der Waals surface area contributed by atoms with Gasteiger partial charge in [0.15, 0.2) is 0 Å². The Morgan fingerprint density at radius 1 is 1.42 bits per heavy atom. The molecule has 0 aromatic rings. The molecule has 1 heterocycles. The van der Waals surface area contributed by atoms with Crippen molar-refractivity contribution in [1.29, 1.82) is 0 Å². The van der Waals surface area contributed by atoms with Crippen molar-refractivity contribution in [2.24, 2.45) is 5.73 Å². The van der Waals surface area contributed by atoms with E-state index >= 15 is 0 Å². The third kappa shape index (κ3) is 1.48. The third-order valence-electron chi connectivity index (χ3n) is 1.13. The van der Waals surface area contributed by atoms with Gasteiger partial charge in [-0.25, -0.2) is 4.79 Å². The van der Waals surface area contributed by atoms with E-state index in [1.807, 2.05) is 0 Å². The second-order valence-corrected chi connectivity index (χ2v) is 1.97. The quantitative estimate of drug-likeness (QED) is 0.500. The predicted molar refractivity (Wildman–Crippen MR) is 36.1 cm³/mol. The van der Waals surface area contributed by atoms with Crippen LogP contribution in [0.2, 0.25) is 0 Å². The van der Waals surface area contributed by atoms with Gasteiger partial charge in [-0.05, 0) is 0 Å². The van der Waals surface area contributed by atoms with E-state index in [0.29, 0.717) is 5.06 Å². The number of carbonyl (C=O) groups is 3. The maximum absolute atomic E-state index is 10.7. The maximum Gasteiger partial charge on any atom is 0.346 e. The molecule has 0 aliphatic carbocycles. The van der Waals surface area contributed by atoms with Gasteiger partial charge in [-0.15, -0.1) is 0 Å². The van der Waals surface area contributed by atoms with Gasteiger partial charge < -0.3 is 10.6 Å². The van der Waals surface area contributed by atoms with Crippen LogP contribution in [0.15, 0.2) is 12.2 Å². The number of hydrogen-bond acceptors (Lipinski definition) is 5. The lowest BCUT2D eigenvalue weighted by atomic mass is 10.6. The number of carbonyl (C=O) groups excluding carboxylic acids is 3. The van der Waals surface area contributed by atoms with Crippen LogP contribution in [0.3, 0.4) is 0 Å². The maximum atomic E-state index is 10.7. The Kier molecular flexibility index (Phi) is 2.20. The van der Waals surface area contributed by atoms with E-state index in [1.54, 1.807) is 0 Å². The highest BCUT2D eigenvalue weighted by atomic mass is 16.7. The van der Waals surface area contributed by atoms with Crippen molar-refractivity contribution in [3.05, 3.63) is 12.2 Å². The molecule has 0 aromatic carbocycles. The van der Waals surface area contributed by atoms with E-state index in [9.17, 15) is 14.4 Å². The minimum absolute atomic E-state index is 0.356. The van der Waals surface area contributed by atoms with Gasteiger partial charge in [0.2, 0.25) is 0 Å². The summed E-state index contributed by atoms with van der Waals surface area (Å²) in [6.07, 6.45) is 2.01. The molecule has 1 rings (SSSR count). The zero-order valence-electron chi connectivity index (χ0n) is 6.02. The summed E-state index contributed by atoms with van der Waals surface area (Å²) < 4.78 is 0. The fraction of sp³-hybridized carbons (Fsp3) is 0.167. The van der Waals surface area contributed by atoms with Crippen molar-refractivity contribution in [3.8, 4) is 0 Å². The summed E-state index contributed by atoms with van der Waals surface area (Å²) in [6.45, 7) is -0.378. The Balaban J connectivity index is 2.59. The Morgan fingerprint density at radius 2 is 1.92 bits per heavy atom. The van der Waals surface area contributed by atoms with Crippen molar-refractivity contribution in [1.82, 2.24) is 5.06 Å². The largest absolute Gasteiger partial charge is 0.346 e. The molecule has 6 heteroatoms. The lowest BCUT2D eigenvalue weighted by molar-refractivity contribution is -0.195. The average Bonchev–Trinajstić information content (AvgIpc) is 2.35. The molecule has 0 radical (unpaired) electrons. The number of nitrogens with two attached hydrogens (primary N) is 1. The molecular weight excluding hydrogens is 164 g/mol. The molecule has 1 aliphatic rings. The summed E-state index contributed by atoms with van der Waals surface area (Å²) in [5.41, 5.74) is 4.90. The molecule has 64 valence electrons. The molecule has 0 unspecified atom stereocenters. The molecule has 0 saturated heterocycles. The van der Waals surface area contributed by atoms with Crippen LogP contribution in [-0.4, -0.2) is 29.4 Å². The van der Waals surface area contributed by atoms with Crippen molar-refractivity contribution < 1.29 is 19.2 Å². The first-order valence-electron chi connectivity index (χ1n) is 3.12. The first-order chi connectivity index (χ1) is 5.65. The van der Waals surface area contributed by atoms with Gasteiger partial charge in [0.25, 0.3) is 11.8 Å². The molecule has 0 aromatic heterocycles. The summed E-state index contributed by atoms with van der Waals surface area (Å²) >= 11 is 0. The summed E-state index contributed by atoms with van der Waals surface area (Å²) in [5.74, 6) is -2.19. The van der Waals surface area contributed by atoms with Gasteiger partial charge in [-0.2, -0.15) is 0 Å². The van der Waals surface area contributed by atoms with Crippen LogP contribution >= 0.6 is 0 Å². The molecule has 2 amide bonds. The Bertz CT molecular complexity index is 253. The average molecular weight is 170 g/mol. The summed E-state index contributed by atoms with van der Waals surface area (Å²) in [6, 6.07) is 0. The third-order valence-corrected chi connectivity index (χ3v) is 1.13. The number of amides is 2. The molecular formula is C6H6N2O4. The fourth-order valence-corrected chi connectivity index (χ4v) is 0.616. The van der Waals surface area contributed by atoms with Gasteiger partial charge >= 0.3 is 5.97 Å². The number of hydrogen-bond donors (Lipinski definition) is 1. The van der Waals surface area contributed by atoms with Crippen molar-refractivity contribution in [3.63, 3.8) is 0 Å². The number of rotatable bonds is 2. The number of hydroxylamine groups is 2. The van der Waals surface area contributed by atoms with E-state index < -0.39 is 17.8 Å². The summed E-state index contributed by atoms with van der Waals surface area (Å²) in [7, 11) is 0. The highest BCUT2D eigenvalue weighted by Crippen LogP contribution is 2.03. The second-order valence-electron chi connectivity index (χ2n) is 1.97. The lowest BCUT2D eigenvalue weighted by Crippen LogP contribution is -2.35. The van der Waals surface area contributed by atoms with Crippen LogP contribution in [0, 0.1) is 0 Å². The molecule has 0 atom stereocenters. The highest BCUT2D eigenvalue weighted by molar-refractivity contribution is 6.12. The first kappa shape index (κ1) is 8.41. The molecule has 0 spiro atoms. The van der Waals surface area contributed by atoms with Gasteiger partial charge in [-0.3, -0.25) is 9.59 Å². The van der Waals surface area contributed by atoms with E-state index in [0.717, 1.165) is 12.2 Å². The molecule has 2 N–H and O–H groups in total. The normalized spacial score (nSPS) is 15.6. The molecule has 0 bridgehead atoms. The Hall–Kier alpha value is -1.69. The van der Waals surface area contributed by atoms with Gasteiger partial charge in [0, 0.05) is 12.2 Å². The van der Waals surface area contributed by atoms with Crippen molar-refractivity contribution in [2.45, 2.75) is 0 Å². The van der Waals surface area contributed by atoms with E-state index in [2.05, 4.69) is 4.84 Å². The standard InChI is InChI=1S/C6H6N2O4/c7-3-6(11)12-8-4(9)1-2-5(8)10/h1-2H,3,7H2. The number of imide groups is 1. The van der Waals surface area contributed by atoms with E-state index in [-0.39, 0.29) is 6.54 Å². The van der Waals surface area contributed by atoms with E-state index in [1.165, 1.54) is 0 Å². The minimum atomic E-state index is -0.833. The second kappa shape index (κ2) is 3.14. The van der Waals surface area contributed by atoms with Crippen LogP contribution in [0.1, 0.15) is 0 Å². The monoisotopic (exact) mass is 170 g/mol. The lowest BCUT2D eigenvalue weighted by Gasteiger charge is -2.10. The fourth-order valence-electron chi connectivity index (χ4n) is 0.616. The Labute approximate surface area is 67.5 Å². The van der Waals surface area contributed by atoms with Gasteiger partial charge in [-0.1, -0.05) is 5.06 Å². The number of nitrogens with zero attached hydrogens (tertiary/aromatic N) is 1. The molecule has 12 heavy (non-hydrogen) atoms. The van der Waals surface area contributed by atoms with Crippen LogP contribution in [-0.2, 0) is 19.2 Å². The molecule has 0 fully saturated rings. The summed E-state index contributed by atoms with van der Waals surface area (Å²) in [5, 5.41) is 0.356. The van der Waals surface area contributed by atoms with Crippen LogP contribution < -0.4 is 5.73 Å². The van der Waals surface area contributed by atoms with Crippen molar-refractivity contribution >= 4 is 17.8 Å². The zero-order valence-corrected chi connectivity index (χ0v) is 6.02. The predicted octanol–water partition coefficient (Wildman–Crippen LogP) is -1.67. The first-order valence-corrected chi connectivity index (χ1v) is 3.12. The SMILES string of the molecule is NCC(=O)ON1C(=O)C=CC1=O. The molecule has 0 saturated carbocycles. The molecule has 6 nitrogen and oxygen atoms in total. The van der Waals surface area contributed by atoms with Gasteiger partial charge in [0.05, 0.1) is 6.54 Å². The van der Waals surface area contributed by atoms with Gasteiger partial charge in [0.1, 0.15) is 0 Å². The van der Waals surface area contributed by atoms with Crippen molar-refractivity contribution in [2.75, 3.05) is 6.54 Å². The molecule has 1 aliphatic heterocycles. The van der Waals surface area contributed by atoms with Crippen LogP contribution in [0.25, 0.3) is 0 Å². The minimum Gasteiger partial charge on any atom is -0.328 e. The Morgan fingerprint density at radius 3 is 2.33 bits per heavy atom. The zero-order chi connectivity index (χ0) is 9.14.